The Balaban J connectivity index is 1.62. The van der Waals surface area contributed by atoms with E-state index in [2.05, 4.69) is 35.0 Å². The van der Waals surface area contributed by atoms with E-state index < -0.39 is 0 Å². The van der Waals surface area contributed by atoms with Crippen molar-refractivity contribution in [3.8, 4) is 0 Å². The second-order valence-electron chi connectivity index (χ2n) is 4.72. The molecule has 108 valence electrons. The molecule has 0 fully saturated rings. The molecule has 0 bridgehead atoms. The standard InChI is InChI=1S/C16H21NO2S/c1-2-19-16(18)6-4-3-5-10-17-14-7-8-15-13(12-14)9-11-20-15/h7-9,11-12,17H,2-6,10H2,1H3. The minimum Gasteiger partial charge on any atom is -0.466 e. The van der Waals surface area contributed by atoms with Crippen molar-refractivity contribution >= 4 is 33.1 Å². The smallest absolute Gasteiger partial charge is 0.305 e. The second-order valence-corrected chi connectivity index (χ2v) is 5.66. The molecule has 1 N–H and O–H groups in total. The van der Waals surface area contributed by atoms with Crippen LogP contribution in [0.25, 0.3) is 10.1 Å². The van der Waals surface area contributed by atoms with Crippen LogP contribution in [-0.2, 0) is 9.53 Å². The first-order valence-electron chi connectivity index (χ1n) is 7.16. The Hall–Kier alpha value is -1.55. The normalized spacial score (nSPS) is 10.7. The van der Waals surface area contributed by atoms with E-state index in [1.807, 2.05) is 6.92 Å². The van der Waals surface area contributed by atoms with Crippen LogP contribution in [-0.4, -0.2) is 19.1 Å². The fraction of sp³-hybridized carbons (Fsp3) is 0.438. The lowest BCUT2D eigenvalue weighted by molar-refractivity contribution is -0.143. The molecule has 1 aromatic heterocycles. The van der Waals surface area contributed by atoms with E-state index in [1.54, 1.807) is 11.3 Å². The number of esters is 1. The van der Waals surface area contributed by atoms with Gasteiger partial charge in [0.2, 0.25) is 0 Å². The number of carbonyl (C=O) groups excluding carboxylic acids is 1. The van der Waals surface area contributed by atoms with Crippen LogP contribution in [0.1, 0.15) is 32.6 Å². The zero-order valence-electron chi connectivity index (χ0n) is 11.9. The summed E-state index contributed by atoms with van der Waals surface area (Å²) in [6, 6.07) is 8.61. The Bertz CT molecular complexity index is 550. The molecule has 0 saturated carbocycles. The Kier molecular flexibility index (Phi) is 5.87. The molecule has 1 aromatic carbocycles. The zero-order valence-corrected chi connectivity index (χ0v) is 12.7. The highest BCUT2D eigenvalue weighted by Gasteiger charge is 2.01. The van der Waals surface area contributed by atoms with Crippen LogP contribution in [0.4, 0.5) is 5.69 Å². The summed E-state index contributed by atoms with van der Waals surface area (Å²) in [7, 11) is 0. The maximum absolute atomic E-state index is 11.2. The molecule has 0 spiro atoms. The van der Waals surface area contributed by atoms with Crippen molar-refractivity contribution in [3.63, 3.8) is 0 Å². The van der Waals surface area contributed by atoms with E-state index in [9.17, 15) is 4.79 Å². The molecule has 1 heterocycles. The van der Waals surface area contributed by atoms with Crippen LogP contribution in [0.3, 0.4) is 0 Å². The molecular weight excluding hydrogens is 270 g/mol. The van der Waals surface area contributed by atoms with E-state index in [4.69, 9.17) is 4.74 Å². The molecule has 0 atom stereocenters. The summed E-state index contributed by atoms with van der Waals surface area (Å²) in [5, 5.41) is 6.84. The molecule has 20 heavy (non-hydrogen) atoms. The predicted molar refractivity (Wildman–Crippen MR) is 85.4 cm³/mol. The molecule has 0 radical (unpaired) electrons. The molecule has 2 rings (SSSR count). The first-order valence-corrected chi connectivity index (χ1v) is 8.04. The lowest BCUT2D eigenvalue weighted by Gasteiger charge is -2.06. The largest absolute Gasteiger partial charge is 0.466 e. The van der Waals surface area contributed by atoms with Gasteiger partial charge in [-0.15, -0.1) is 11.3 Å². The van der Waals surface area contributed by atoms with Gasteiger partial charge in [0.15, 0.2) is 0 Å². The third-order valence-electron chi connectivity index (χ3n) is 3.14. The number of nitrogens with one attached hydrogen (secondary N) is 1. The number of unbranched alkanes of at least 4 members (excludes halogenated alkanes) is 2. The third kappa shape index (κ3) is 4.53. The highest BCUT2D eigenvalue weighted by atomic mass is 32.1. The molecule has 2 aromatic rings. The van der Waals surface area contributed by atoms with Gasteiger partial charge in [-0.2, -0.15) is 0 Å². The topological polar surface area (TPSA) is 38.3 Å². The van der Waals surface area contributed by atoms with Crippen LogP contribution in [0.5, 0.6) is 0 Å². The van der Waals surface area contributed by atoms with Gasteiger partial charge in [0, 0.05) is 23.4 Å². The number of fused-ring (bicyclic) bond motifs is 1. The lowest BCUT2D eigenvalue weighted by Crippen LogP contribution is -2.04. The van der Waals surface area contributed by atoms with Crippen molar-refractivity contribution in [1.82, 2.24) is 0 Å². The van der Waals surface area contributed by atoms with Crippen LogP contribution in [0.2, 0.25) is 0 Å². The molecule has 0 amide bonds. The Morgan fingerprint density at radius 2 is 2.15 bits per heavy atom. The fourth-order valence-corrected chi connectivity index (χ4v) is 2.88. The van der Waals surface area contributed by atoms with Gasteiger partial charge in [-0.1, -0.05) is 6.42 Å². The highest BCUT2D eigenvalue weighted by Crippen LogP contribution is 2.23. The summed E-state index contributed by atoms with van der Waals surface area (Å²) in [6.45, 7) is 3.26. The molecule has 4 heteroatoms. The maximum atomic E-state index is 11.2. The first-order chi connectivity index (χ1) is 9.79. The van der Waals surface area contributed by atoms with Gasteiger partial charge in [-0.3, -0.25) is 4.79 Å². The number of rotatable bonds is 8. The number of thiophene rings is 1. The Labute approximate surface area is 123 Å². The molecule has 0 aliphatic rings. The van der Waals surface area contributed by atoms with Crippen molar-refractivity contribution in [2.45, 2.75) is 32.6 Å². The number of ether oxygens (including phenoxy) is 1. The van der Waals surface area contributed by atoms with Crippen LogP contribution >= 0.6 is 11.3 Å². The number of hydrogen-bond donors (Lipinski definition) is 1. The summed E-state index contributed by atoms with van der Waals surface area (Å²) in [5.74, 6) is -0.0802. The van der Waals surface area contributed by atoms with Gasteiger partial charge in [0.25, 0.3) is 0 Å². The highest BCUT2D eigenvalue weighted by molar-refractivity contribution is 7.17. The van der Waals surface area contributed by atoms with Gasteiger partial charge in [-0.05, 0) is 54.8 Å². The van der Waals surface area contributed by atoms with Gasteiger partial charge < -0.3 is 10.1 Å². The molecule has 0 aliphatic carbocycles. The Morgan fingerprint density at radius 1 is 1.25 bits per heavy atom. The minimum atomic E-state index is -0.0802. The number of carbonyl (C=O) groups is 1. The minimum absolute atomic E-state index is 0.0802. The van der Waals surface area contributed by atoms with Crippen molar-refractivity contribution in [3.05, 3.63) is 29.6 Å². The first kappa shape index (κ1) is 14.9. The molecular formula is C16H21NO2S. The molecule has 3 nitrogen and oxygen atoms in total. The average molecular weight is 291 g/mol. The van der Waals surface area contributed by atoms with E-state index in [0.29, 0.717) is 13.0 Å². The van der Waals surface area contributed by atoms with Crippen molar-refractivity contribution in [2.24, 2.45) is 0 Å². The van der Waals surface area contributed by atoms with Gasteiger partial charge in [-0.25, -0.2) is 0 Å². The fourth-order valence-electron chi connectivity index (χ4n) is 2.11. The van der Waals surface area contributed by atoms with E-state index in [0.717, 1.165) is 25.8 Å². The van der Waals surface area contributed by atoms with E-state index in [1.165, 1.54) is 15.8 Å². The Morgan fingerprint density at radius 3 is 3.00 bits per heavy atom. The average Bonchev–Trinajstić information content (AvgIpc) is 2.90. The SMILES string of the molecule is CCOC(=O)CCCCCNc1ccc2sccc2c1. The summed E-state index contributed by atoms with van der Waals surface area (Å²) >= 11 is 1.77. The van der Waals surface area contributed by atoms with Crippen molar-refractivity contribution in [2.75, 3.05) is 18.5 Å². The number of anilines is 1. The summed E-state index contributed by atoms with van der Waals surface area (Å²) in [6.07, 6.45) is 3.56. The number of hydrogen-bond acceptors (Lipinski definition) is 4. The van der Waals surface area contributed by atoms with Crippen molar-refractivity contribution < 1.29 is 9.53 Å². The number of benzene rings is 1. The predicted octanol–water partition coefficient (Wildman–Crippen LogP) is 4.44. The molecule has 0 aliphatic heterocycles. The quantitative estimate of drug-likeness (QED) is 0.577. The maximum Gasteiger partial charge on any atom is 0.305 e. The van der Waals surface area contributed by atoms with Gasteiger partial charge in [0.1, 0.15) is 0 Å². The van der Waals surface area contributed by atoms with Gasteiger partial charge >= 0.3 is 5.97 Å². The second kappa shape index (κ2) is 7.90. The van der Waals surface area contributed by atoms with Crippen LogP contribution < -0.4 is 5.32 Å². The van der Waals surface area contributed by atoms with E-state index >= 15 is 0 Å². The third-order valence-corrected chi connectivity index (χ3v) is 4.04. The molecule has 0 unspecified atom stereocenters. The summed E-state index contributed by atoms with van der Waals surface area (Å²) in [4.78, 5) is 11.2. The van der Waals surface area contributed by atoms with Gasteiger partial charge in [0.05, 0.1) is 6.61 Å². The summed E-state index contributed by atoms with van der Waals surface area (Å²) in [5.41, 5.74) is 1.17. The lowest BCUT2D eigenvalue weighted by atomic mass is 10.2. The molecule has 0 saturated heterocycles. The van der Waals surface area contributed by atoms with Crippen LogP contribution in [0, 0.1) is 0 Å². The van der Waals surface area contributed by atoms with E-state index in [-0.39, 0.29) is 5.97 Å². The monoisotopic (exact) mass is 291 g/mol. The van der Waals surface area contributed by atoms with Crippen LogP contribution in [0.15, 0.2) is 29.6 Å². The van der Waals surface area contributed by atoms with Crippen molar-refractivity contribution in [1.29, 1.82) is 0 Å². The summed E-state index contributed by atoms with van der Waals surface area (Å²) < 4.78 is 6.22. The zero-order chi connectivity index (χ0) is 14.2.